The summed E-state index contributed by atoms with van der Waals surface area (Å²) in [5.41, 5.74) is -0.576. The fourth-order valence-electron chi connectivity index (χ4n) is 2.70. The van der Waals surface area contributed by atoms with E-state index in [0.29, 0.717) is 13.0 Å². The van der Waals surface area contributed by atoms with Crippen LogP contribution in [0, 0.1) is 12.3 Å². The molecule has 1 aliphatic rings. The Morgan fingerprint density at radius 3 is 2.50 bits per heavy atom. The van der Waals surface area contributed by atoms with Crippen molar-refractivity contribution in [1.29, 1.82) is 0 Å². The normalized spacial score (nSPS) is 16.9. The van der Waals surface area contributed by atoms with Crippen LogP contribution in [0.5, 0.6) is 0 Å². The Kier molecular flexibility index (Phi) is 6.92. The topological polar surface area (TPSA) is 78.4 Å². The van der Waals surface area contributed by atoms with Crippen LogP contribution in [0.2, 0.25) is 0 Å². The van der Waals surface area contributed by atoms with E-state index in [2.05, 4.69) is 16.6 Å². The molecule has 0 saturated heterocycles. The summed E-state index contributed by atoms with van der Waals surface area (Å²) in [5, 5.41) is 14.7. The Hall–Kier alpha value is -1.70. The van der Waals surface area contributed by atoms with Crippen molar-refractivity contribution >= 4 is 12.0 Å². The molecule has 112 valence electrons. The van der Waals surface area contributed by atoms with E-state index in [4.69, 9.17) is 11.5 Å². The SMILES string of the molecule is C#CCCCCNC(=O)NC1(CC(=O)O)CCCCC1. The fraction of sp³-hybridized carbons (Fsp3) is 0.733. The molecule has 0 aromatic heterocycles. The van der Waals surface area contributed by atoms with Gasteiger partial charge in [0, 0.05) is 13.0 Å². The zero-order valence-electron chi connectivity index (χ0n) is 11.9. The van der Waals surface area contributed by atoms with Gasteiger partial charge in [0.1, 0.15) is 0 Å². The van der Waals surface area contributed by atoms with Gasteiger partial charge >= 0.3 is 12.0 Å². The summed E-state index contributed by atoms with van der Waals surface area (Å²) < 4.78 is 0. The maximum absolute atomic E-state index is 11.9. The van der Waals surface area contributed by atoms with E-state index in [0.717, 1.165) is 44.9 Å². The van der Waals surface area contributed by atoms with E-state index in [1.54, 1.807) is 0 Å². The van der Waals surface area contributed by atoms with Crippen LogP contribution in [0.4, 0.5) is 4.79 Å². The highest BCUT2D eigenvalue weighted by Crippen LogP contribution is 2.31. The van der Waals surface area contributed by atoms with Crippen molar-refractivity contribution in [3.05, 3.63) is 0 Å². The van der Waals surface area contributed by atoms with Crippen LogP contribution in [-0.2, 0) is 4.79 Å². The van der Waals surface area contributed by atoms with Crippen LogP contribution >= 0.6 is 0 Å². The van der Waals surface area contributed by atoms with Gasteiger partial charge in [-0.1, -0.05) is 19.3 Å². The van der Waals surface area contributed by atoms with Crippen LogP contribution in [0.1, 0.15) is 57.8 Å². The van der Waals surface area contributed by atoms with Gasteiger partial charge in [-0.15, -0.1) is 12.3 Å². The van der Waals surface area contributed by atoms with Gasteiger partial charge in [-0.05, 0) is 25.7 Å². The summed E-state index contributed by atoms with van der Waals surface area (Å²) >= 11 is 0. The quantitative estimate of drug-likeness (QED) is 0.494. The molecule has 1 saturated carbocycles. The standard InChI is InChI=1S/C15H24N2O3/c1-2-3-4-8-11-16-14(20)17-15(12-13(18)19)9-6-5-7-10-15/h1H,3-12H2,(H,18,19)(H2,16,17,20). The molecule has 0 unspecified atom stereocenters. The molecule has 5 heteroatoms. The molecule has 0 heterocycles. The minimum Gasteiger partial charge on any atom is -0.481 e. The number of urea groups is 1. The monoisotopic (exact) mass is 280 g/mol. The number of carboxylic acids is 1. The lowest BCUT2D eigenvalue weighted by Gasteiger charge is -2.36. The van der Waals surface area contributed by atoms with Crippen LogP contribution < -0.4 is 10.6 Å². The second-order valence-corrected chi connectivity index (χ2v) is 5.45. The van der Waals surface area contributed by atoms with Crippen molar-refractivity contribution in [2.24, 2.45) is 0 Å². The van der Waals surface area contributed by atoms with Crippen LogP contribution in [0.3, 0.4) is 0 Å². The van der Waals surface area contributed by atoms with E-state index in [1.165, 1.54) is 0 Å². The van der Waals surface area contributed by atoms with Crippen LogP contribution in [0.15, 0.2) is 0 Å². The molecule has 5 nitrogen and oxygen atoms in total. The number of unbranched alkanes of at least 4 members (excludes halogenated alkanes) is 2. The minimum atomic E-state index is -0.860. The van der Waals surface area contributed by atoms with Gasteiger partial charge in [-0.3, -0.25) is 4.79 Å². The molecular weight excluding hydrogens is 256 g/mol. The van der Waals surface area contributed by atoms with Gasteiger partial charge in [0.2, 0.25) is 0 Å². The zero-order chi connectivity index (χ0) is 14.8. The Bertz CT molecular complexity index is 368. The second-order valence-electron chi connectivity index (χ2n) is 5.45. The smallest absolute Gasteiger partial charge is 0.315 e. The average molecular weight is 280 g/mol. The molecule has 0 aromatic rings. The average Bonchev–Trinajstić information content (AvgIpc) is 2.38. The lowest BCUT2D eigenvalue weighted by molar-refractivity contribution is -0.139. The molecule has 1 fully saturated rings. The van der Waals surface area contributed by atoms with E-state index >= 15 is 0 Å². The number of carbonyl (C=O) groups is 2. The molecule has 20 heavy (non-hydrogen) atoms. The number of terminal acetylenes is 1. The first kappa shape index (κ1) is 16.4. The summed E-state index contributed by atoms with van der Waals surface area (Å²) in [7, 11) is 0. The predicted octanol–water partition coefficient (Wildman–Crippen LogP) is 2.27. The Labute approximate surface area is 120 Å². The highest BCUT2D eigenvalue weighted by molar-refractivity contribution is 5.76. The molecule has 0 aromatic carbocycles. The molecule has 0 spiro atoms. The summed E-state index contributed by atoms with van der Waals surface area (Å²) in [6.45, 7) is 0.566. The van der Waals surface area contributed by atoms with Crippen molar-refractivity contribution in [2.75, 3.05) is 6.54 Å². The third-order valence-corrected chi connectivity index (χ3v) is 3.71. The lowest BCUT2D eigenvalue weighted by atomic mass is 9.79. The Morgan fingerprint density at radius 2 is 1.90 bits per heavy atom. The summed E-state index contributed by atoms with van der Waals surface area (Å²) in [6, 6.07) is -0.270. The molecular formula is C15H24N2O3. The van der Waals surface area contributed by atoms with Gasteiger partial charge in [0.15, 0.2) is 0 Å². The number of carbonyl (C=O) groups excluding carboxylic acids is 1. The molecule has 1 rings (SSSR count). The molecule has 0 atom stereocenters. The van der Waals surface area contributed by atoms with Gasteiger partial charge in [0.05, 0.1) is 12.0 Å². The first-order valence-corrected chi connectivity index (χ1v) is 7.29. The van der Waals surface area contributed by atoms with Crippen molar-refractivity contribution in [3.8, 4) is 12.3 Å². The van der Waals surface area contributed by atoms with Gasteiger partial charge in [-0.2, -0.15) is 0 Å². The number of hydrogen-bond donors (Lipinski definition) is 3. The first-order chi connectivity index (χ1) is 9.58. The summed E-state index contributed by atoms with van der Waals surface area (Å²) in [6.07, 6.45) is 12.1. The molecule has 0 radical (unpaired) electrons. The minimum absolute atomic E-state index is 0.00247. The number of hydrogen-bond acceptors (Lipinski definition) is 2. The van der Waals surface area contributed by atoms with Crippen LogP contribution in [-0.4, -0.2) is 29.2 Å². The Morgan fingerprint density at radius 1 is 1.20 bits per heavy atom. The number of rotatable bonds is 7. The summed E-state index contributed by atoms with van der Waals surface area (Å²) in [4.78, 5) is 22.9. The largest absolute Gasteiger partial charge is 0.481 e. The predicted molar refractivity (Wildman–Crippen MR) is 77.3 cm³/mol. The third-order valence-electron chi connectivity index (χ3n) is 3.71. The number of nitrogens with one attached hydrogen (secondary N) is 2. The molecule has 0 aliphatic heterocycles. The van der Waals surface area contributed by atoms with Gasteiger partial charge < -0.3 is 15.7 Å². The molecule has 3 N–H and O–H groups in total. The van der Waals surface area contributed by atoms with E-state index < -0.39 is 11.5 Å². The van der Waals surface area contributed by atoms with Crippen molar-refractivity contribution < 1.29 is 14.7 Å². The number of aliphatic carboxylic acids is 1. The van der Waals surface area contributed by atoms with Crippen molar-refractivity contribution in [3.63, 3.8) is 0 Å². The highest BCUT2D eigenvalue weighted by atomic mass is 16.4. The fourth-order valence-corrected chi connectivity index (χ4v) is 2.70. The van der Waals surface area contributed by atoms with Gasteiger partial charge in [0.25, 0.3) is 0 Å². The first-order valence-electron chi connectivity index (χ1n) is 7.29. The molecule has 2 amide bonds. The second kappa shape index (κ2) is 8.47. The van der Waals surface area contributed by atoms with E-state index in [-0.39, 0.29) is 12.5 Å². The molecule has 1 aliphatic carbocycles. The van der Waals surface area contributed by atoms with E-state index in [9.17, 15) is 9.59 Å². The van der Waals surface area contributed by atoms with E-state index in [1.807, 2.05) is 0 Å². The number of amides is 2. The van der Waals surface area contributed by atoms with Crippen molar-refractivity contribution in [1.82, 2.24) is 10.6 Å². The maximum atomic E-state index is 11.9. The summed E-state index contributed by atoms with van der Waals surface area (Å²) in [5.74, 6) is 1.70. The van der Waals surface area contributed by atoms with Gasteiger partial charge in [-0.25, -0.2) is 4.79 Å². The zero-order valence-corrected chi connectivity index (χ0v) is 11.9. The third kappa shape index (κ3) is 5.96. The molecule has 0 bridgehead atoms. The Balaban J connectivity index is 2.38. The van der Waals surface area contributed by atoms with Crippen LogP contribution in [0.25, 0.3) is 0 Å². The number of carboxylic acid groups (broad SMARTS) is 1. The maximum Gasteiger partial charge on any atom is 0.315 e. The highest BCUT2D eigenvalue weighted by Gasteiger charge is 2.35. The lowest BCUT2D eigenvalue weighted by Crippen LogP contribution is -2.54. The van der Waals surface area contributed by atoms with Crippen molar-refractivity contribution in [2.45, 2.75) is 63.3 Å².